The second kappa shape index (κ2) is 9.75. The quantitative estimate of drug-likeness (QED) is 0.548. The molecule has 0 saturated heterocycles. The van der Waals surface area contributed by atoms with Gasteiger partial charge in [-0.3, -0.25) is 9.10 Å². The lowest BCUT2D eigenvalue weighted by molar-refractivity contribution is -0.120. The molecule has 32 heavy (non-hydrogen) atoms. The molecule has 0 aromatic heterocycles. The second-order valence-electron chi connectivity index (χ2n) is 8.46. The first-order valence-corrected chi connectivity index (χ1v) is 13.8. The molecular weight excluding hydrogens is 444 g/mol. The number of carbonyl (C=O) groups is 1. The molecule has 2 saturated carbocycles. The Bertz CT molecular complexity index is 1040. The summed E-state index contributed by atoms with van der Waals surface area (Å²) in [5, 5.41) is 3.11. The number of rotatable bonds is 9. The average molecular weight is 475 g/mol. The van der Waals surface area contributed by atoms with Crippen molar-refractivity contribution in [2.75, 3.05) is 23.7 Å². The maximum Gasteiger partial charge on any atom is 0.264 e. The van der Waals surface area contributed by atoms with Gasteiger partial charge in [-0.1, -0.05) is 6.42 Å². The van der Waals surface area contributed by atoms with Gasteiger partial charge in [0.25, 0.3) is 10.0 Å². The van der Waals surface area contributed by atoms with Gasteiger partial charge in [0.15, 0.2) is 0 Å². The molecule has 2 bridgehead atoms. The Kier molecular flexibility index (Phi) is 7.00. The maximum absolute atomic E-state index is 13.6. The summed E-state index contributed by atoms with van der Waals surface area (Å²) in [6.07, 6.45) is 6.51. The van der Waals surface area contributed by atoms with Crippen LogP contribution in [0.3, 0.4) is 0 Å². The number of thioether (sulfide) groups is 1. The van der Waals surface area contributed by atoms with Gasteiger partial charge in [-0.05, 0) is 92.8 Å². The van der Waals surface area contributed by atoms with Crippen LogP contribution in [0, 0.1) is 11.8 Å². The van der Waals surface area contributed by atoms with Gasteiger partial charge in [-0.15, -0.1) is 11.8 Å². The number of nitrogens with one attached hydrogen (secondary N) is 1. The van der Waals surface area contributed by atoms with E-state index in [9.17, 15) is 13.2 Å². The van der Waals surface area contributed by atoms with E-state index in [4.69, 9.17) is 4.74 Å². The molecule has 6 nitrogen and oxygen atoms in total. The van der Waals surface area contributed by atoms with Gasteiger partial charge in [0.1, 0.15) is 12.3 Å². The van der Waals surface area contributed by atoms with Gasteiger partial charge in [0.05, 0.1) is 17.2 Å². The summed E-state index contributed by atoms with van der Waals surface area (Å²) >= 11 is 1.55. The highest BCUT2D eigenvalue weighted by atomic mass is 32.2. The Balaban J connectivity index is 1.58. The highest BCUT2D eigenvalue weighted by Crippen LogP contribution is 2.44. The van der Waals surface area contributed by atoms with Crippen molar-refractivity contribution in [2.45, 2.75) is 48.4 Å². The summed E-state index contributed by atoms with van der Waals surface area (Å²) in [6.45, 7) is 2.16. The van der Waals surface area contributed by atoms with Crippen molar-refractivity contribution >= 4 is 33.4 Å². The predicted octanol–water partition coefficient (Wildman–Crippen LogP) is 4.31. The van der Waals surface area contributed by atoms with Gasteiger partial charge >= 0.3 is 0 Å². The van der Waals surface area contributed by atoms with Crippen LogP contribution >= 0.6 is 11.8 Å². The molecule has 0 aliphatic heterocycles. The van der Waals surface area contributed by atoms with Crippen LogP contribution in [0.5, 0.6) is 5.75 Å². The zero-order valence-electron chi connectivity index (χ0n) is 18.5. The lowest BCUT2D eigenvalue weighted by Gasteiger charge is -2.27. The number of fused-ring (bicyclic) bond motifs is 2. The van der Waals surface area contributed by atoms with Crippen LogP contribution in [0.2, 0.25) is 0 Å². The van der Waals surface area contributed by atoms with Crippen LogP contribution < -0.4 is 14.4 Å². The molecule has 0 heterocycles. The minimum atomic E-state index is -3.92. The largest absolute Gasteiger partial charge is 0.494 e. The molecule has 0 spiro atoms. The first-order valence-electron chi connectivity index (χ1n) is 11.1. The molecule has 2 aromatic carbocycles. The molecule has 3 atom stereocenters. The minimum absolute atomic E-state index is 0.159. The molecule has 2 aromatic rings. The summed E-state index contributed by atoms with van der Waals surface area (Å²) < 4.78 is 33.8. The van der Waals surface area contributed by atoms with E-state index >= 15 is 0 Å². The summed E-state index contributed by atoms with van der Waals surface area (Å²) in [5.41, 5.74) is 0.436. The molecule has 2 aliphatic rings. The summed E-state index contributed by atoms with van der Waals surface area (Å²) in [7, 11) is -3.92. The van der Waals surface area contributed by atoms with Crippen LogP contribution in [0.15, 0.2) is 58.3 Å². The highest BCUT2D eigenvalue weighted by Gasteiger charge is 2.40. The first-order chi connectivity index (χ1) is 15.4. The van der Waals surface area contributed by atoms with E-state index in [2.05, 4.69) is 5.32 Å². The monoisotopic (exact) mass is 474 g/mol. The fraction of sp³-hybridized carbons (Fsp3) is 0.458. The van der Waals surface area contributed by atoms with E-state index in [-0.39, 0.29) is 23.4 Å². The molecular formula is C24H30N2O4S2. The topological polar surface area (TPSA) is 75.7 Å². The van der Waals surface area contributed by atoms with E-state index in [1.165, 1.54) is 17.1 Å². The first kappa shape index (κ1) is 23.0. The Hall–Kier alpha value is -2.19. The Morgan fingerprint density at radius 2 is 1.81 bits per heavy atom. The molecule has 2 fully saturated rings. The van der Waals surface area contributed by atoms with Gasteiger partial charge in [0.2, 0.25) is 5.91 Å². The number of ether oxygens (including phenoxy) is 1. The van der Waals surface area contributed by atoms with Crippen LogP contribution in [-0.2, 0) is 14.8 Å². The van der Waals surface area contributed by atoms with Gasteiger partial charge in [0, 0.05) is 10.9 Å². The normalized spacial score (nSPS) is 22.0. The van der Waals surface area contributed by atoms with Crippen LogP contribution in [0.1, 0.15) is 32.6 Å². The van der Waals surface area contributed by atoms with Crippen molar-refractivity contribution in [1.29, 1.82) is 0 Å². The second-order valence-corrected chi connectivity index (χ2v) is 11.2. The number of hydrogen-bond acceptors (Lipinski definition) is 5. The average Bonchev–Trinajstić information content (AvgIpc) is 3.42. The number of benzene rings is 2. The number of carbonyl (C=O) groups excluding carboxylic acids is 1. The third-order valence-electron chi connectivity index (χ3n) is 6.45. The maximum atomic E-state index is 13.6. The van der Waals surface area contributed by atoms with Gasteiger partial charge in [-0.25, -0.2) is 8.42 Å². The van der Waals surface area contributed by atoms with E-state index < -0.39 is 10.0 Å². The zero-order valence-corrected chi connectivity index (χ0v) is 20.1. The Morgan fingerprint density at radius 1 is 1.09 bits per heavy atom. The predicted molar refractivity (Wildman–Crippen MR) is 128 cm³/mol. The minimum Gasteiger partial charge on any atom is -0.494 e. The number of sulfonamides is 1. The third kappa shape index (κ3) is 4.91. The third-order valence-corrected chi connectivity index (χ3v) is 8.99. The molecule has 1 amide bonds. The number of hydrogen-bond donors (Lipinski definition) is 1. The van der Waals surface area contributed by atoms with Crippen molar-refractivity contribution in [3.8, 4) is 5.75 Å². The van der Waals surface area contributed by atoms with Gasteiger partial charge in [-0.2, -0.15) is 0 Å². The van der Waals surface area contributed by atoms with Crippen molar-refractivity contribution in [1.82, 2.24) is 5.32 Å². The van der Waals surface area contributed by atoms with E-state index in [1.54, 1.807) is 60.3 Å². The summed E-state index contributed by atoms with van der Waals surface area (Å²) in [6, 6.07) is 13.7. The zero-order chi connectivity index (χ0) is 22.7. The molecule has 172 valence electrons. The fourth-order valence-corrected chi connectivity index (χ4v) is 6.70. The fourth-order valence-electron chi connectivity index (χ4n) is 4.87. The Morgan fingerprint density at radius 3 is 2.38 bits per heavy atom. The molecule has 2 aliphatic carbocycles. The number of anilines is 1. The van der Waals surface area contributed by atoms with Crippen LogP contribution in [0.25, 0.3) is 0 Å². The van der Waals surface area contributed by atoms with E-state index in [0.29, 0.717) is 29.9 Å². The smallest absolute Gasteiger partial charge is 0.264 e. The van der Waals surface area contributed by atoms with Crippen molar-refractivity contribution in [3.05, 3.63) is 48.5 Å². The molecule has 1 N–H and O–H groups in total. The van der Waals surface area contributed by atoms with E-state index in [1.807, 2.05) is 13.2 Å². The molecule has 8 heteroatoms. The molecule has 4 rings (SSSR count). The number of nitrogens with zero attached hydrogens (tertiary/aromatic N) is 1. The van der Waals surface area contributed by atoms with Crippen LogP contribution in [0.4, 0.5) is 5.69 Å². The standard InChI is InChI=1S/C24H30N2O4S2/c1-3-30-20-8-6-19(7-9-20)26(32(28,29)22-12-10-21(31-2)11-13-22)16-24(27)25-23-15-17-4-5-18(23)14-17/h6-13,17-18,23H,3-5,14-16H2,1-2H3,(H,25,27)/t17-,18-,23-/m0/s1. The van der Waals surface area contributed by atoms with E-state index in [0.717, 1.165) is 17.7 Å². The number of amides is 1. The summed E-state index contributed by atoms with van der Waals surface area (Å²) in [4.78, 5) is 14.1. The van der Waals surface area contributed by atoms with Crippen molar-refractivity contribution in [3.63, 3.8) is 0 Å². The highest BCUT2D eigenvalue weighted by molar-refractivity contribution is 7.98. The lowest BCUT2D eigenvalue weighted by Crippen LogP contribution is -2.45. The molecule has 0 unspecified atom stereocenters. The van der Waals surface area contributed by atoms with Crippen molar-refractivity contribution in [2.24, 2.45) is 11.8 Å². The SMILES string of the molecule is CCOc1ccc(N(CC(=O)N[C@H]2C[C@H]3CC[C@H]2C3)S(=O)(=O)c2ccc(SC)cc2)cc1. The summed E-state index contributed by atoms with van der Waals surface area (Å²) in [5.74, 6) is 1.62. The lowest BCUT2D eigenvalue weighted by atomic mass is 9.95. The molecule has 0 radical (unpaired) electrons. The van der Waals surface area contributed by atoms with Crippen LogP contribution in [-0.4, -0.2) is 39.8 Å². The Labute approximate surface area is 194 Å². The van der Waals surface area contributed by atoms with Gasteiger partial charge < -0.3 is 10.1 Å². The van der Waals surface area contributed by atoms with Crippen molar-refractivity contribution < 1.29 is 17.9 Å².